The largest absolute Gasteiger partial charge is 0.423 e. The Hall–Kier alpha value is -3.16. The molecule has 7 heteroatoms. The van der Waals surface area contributed by atoms with Gasteiger partial charge in [0, 0.05) is 4.47 Å². The number of aryl methyl sites for hydroxylation is 1. The summed E-state index contributed by atoms with van der Waals surface area (Å²) < 4.78 is 6.10. The van der Waals surface area contributed by atoms with Gasteiger partial charge in [-0.2, -0.15) is 0 Å². The van der Waals surface area contributed by atoms with Crippen LogP contribution in [0, 0.1) is 6.92 Å². The van der Waals surface area contributed by atoms with E-state index in [1.165, 1.54) is 11.8 Å². The van der Waals surface area contributed by atoms with Crippen LogP contribution < -0.4 is 10.1 Å². The number of hydrogen-bond donors (Lipinski definition) is 1. The summed E-state index contributed by atoms with van der Waals surface area (Å²) in [5, 5.41) is 3.32. The molecule has 1 amide bonds. The monoisotopic (exact) mass is 492 g/mol. The molecule has 1 fully saturated rings. The van der Waals surface area contributed by atoms with E-state index in [1.54, 1.807) is 48.5 Å². The average molecular weight is 493 g/mol. The van der Waals surface area contributed by atoms with Crippen LogP contribution in [0.2, 0.25) is 0 Å². The number of nitrogens with one attached hydrogen (secondary N) is 1. The molecular weight excluding hydrogens is 476 g/mol. The third-order valence-electron chi connectivity index (χ3n) is 4.40. The fraction of sp³-hybridized carbons (Fsp3) is 0.0417. The molecule has 0 aromatic heterocycles. The lowest BCUT2D eigenvalue weighted by molar-refractivity contribution is -0.115. The number of aliphatic imine (C=N–C) groups is 1. The van der Waals surface area contributed by atoms with Gasteiger partial charge < -0.3 is 10.1 Å². The number of benzene rings is 3. The summed E-state index contributed by atoms with van der Waals surface area (Å²) in [6.45, 7) is 2.01. The van der Waals surface area contributed by atoms with Crippen molar-refractivity contribution in [1.29, 1.82) is 0 Å². The summed E-state index contributed by atoms with van der Waals surface area (Å²) in [6, 6.07) is 21.8. The molecule has 5 nitrogen and oxygen atoms in total. The minimum atomic E-state index is -0.443. The molecule has 1 aliphatic heterocycles. The van der Waals surface area contributed by atoms with Crippen LogP contribution in [0.15, 0.2) is 87.2 Å². The lowest BCUT2D eigenvalue weighted by Crippen LogP contribution is -2.19. The van der Waals surface area contributed by atoms with Gasteiger partial charge in [0.05, 0.1) is 16.2 Å². The summed E-state index contributed by atoms with van der Waals surface area (Å²) >= 11 is 4.63. The maximum atomic E-state index is 12.3. The van der Waals surface area contributed by atoms with Gasteiger partial charge in [0.1, 0.15) is 5.75 Å². The van der Waals surface area contributed by atoms with Crippen molar-refractivity contribution in [3.05, 3.63) is 98.9 Å². The quantitative estimate of drug-likeness (QED) is 0.281. The molecule has 0 spiro atoms. The van der Waals surface area contributed by atoms with Gasteiger partial charge in [0.25, 0.3) is 5.91 Å². The normalized spacial score (nSPS) is 15.9. The molecule has 0 aliphatic carbocycles. The van der Waals surface area contributed by atoms with Crippen molar-refractivity contribution in [2.24, 2.45) is 4.99 Å². The number of rotatable bonds is 4. The summed E-state index contributed by atoms with van der Waals surface area (Å²) in [5.74, 6) is -0.213. The van der Waals surface area contributed by atoms with E-state index in [0.717, 1.165) is 16.8 Å². The molecule has 1 heterocycles. The van der Waals surface area contributed by atoms with Crippen molar-refractivity contribution in [3.8, 4) is 5.75 Å². The Morgan fingerprint density at radius 1 is 1.03 bits per heavy atom. The highest BCUT2D eigenvalue weighted by Crippen LogP contribution is 2.28. The van der Waals surface area contributed by atoms with Crippen LogP contribution in [0.4, 0.5) is 5.69 Å². The number of hydrogen-bond acceptors (Lipinski definition) is 5. The fourth-order valence-electron chi connectivity index (χ4n) is 2.79. The Kier molecular flexibility index (Phi) is 6.34. The highest BCUT2D eigenvalue weighted by Gasteiger charge is 2.23. The number of thioether (sulfide) groups is 1. The highest BCUT2D eigenvalue weighted by atomic mass is 79.9. The smallest absolute Gasteiger partial charge is 0.344 e. The van der Waals surface area contributed by atoms with E-state index < -0.39 is 5.97 Å². The van der Waals surface area contributed by atoms with Gasteiger partial charge in [-0.15, -0.1) is 0 Å². The first-order chi connectivity index (χ1) is 15.0. The summed E-state index contributed by atoms with van der Waals surface area (Å²) in [7, 11) is 0. The molecule has 31 heavy (non-hydrogen) atoms. The molecular formula is C24H17BrN2O3S. The molecule has 1 N–H and O–H groups in total. The Bertz CT molecular complexity index is 1200. The van der Waals surface area contributed by atoms with Crippen molar-refractivity contribution >= 4 is 56.5 Å². The lowest BCUT2D eigenvalue weighted by Gasteiger charge is -2.06. The van der Waals surface area contributed by atoms with Crippen LogP contribution in [0.25, 0.3) is 6.08 Å². The molecule has 3 aromatic rings. The van der Waals surface area contributed by atoms with Crippen molar-refractivity contribution in [3.63, 3.8) is 0 Å². The standard InChI is InChI=1S/C24H17BrN2O3S/c1-15-6-10-17(11-7-15)26-24-27-22(28)21(31-24)14-16-8-12-18(13-9-16)30-23(29)19-4-2-3-5-20(19)25/h2-14H,1H3,(H,26,27,28)/b21-14-. The van der Waals surface area contributed by atoms with E-state index in [9.17, 15) is 9.59 Å². The molecule has 0 radical (unpaired) electrons. The first-order valence-electron chi connectivity index (χ1n) is 9.41. The molecule has 0 bridgehead atoms. The maximum Gasteiger partial charge on any atom is 0.344 e. The number of amides is 1. The first kappa shape index (κ1) is 21.1. The Balaban J connectivity index is 1.44. The minimum Gasteiger partial charge on any atom is -0.423 e. The van der Waals surface area contributed by atoms with E-state index in [2.05, 4.69) is 26.2 Å². The van der Waals surface area contributed by atoms with Crippen molar-refractivity contribution in [1.82, 2.24) is 5.32 Å². The summed E-state index contributed by atoms with van der Waals surface area (Å²) in [6.07, 6.45) is 1.77. The molecule has 0 atom stereocenters. The number of carbonyl (C=O) groups is 2. The van der Waals surface area contributed by atoms with E-state index in [0.29, 0.717) is 25.9 Å². The van der Waals surface area contributed by atoms with Gasteiger partial charge in [-0.1, -0.05) is 42.0 Å². The molecule has 0 unspecified atom stereocenters. The van der Waals surface area contributed by atoms with Gasteiger partial charge in [-0.25, -0.2) is 9.79 Å². The van der Waals surface area contributed by atoms with E-state index >= 15 is 0 Å². The minimum absolute atomic E-state index is 0.194. The molecule has 3 aromatic carbocycles. The van der Waals surface area contributed by atoms with Crippen molar-refractivity contribution < 1.29 is 14.3 Å². The van der Waals surface area contributed by atoms with E-state index in [4.69, 9.17) is 4.74 Å². The summed E-state index contributed by atoms with van der Waals surface area (Å²) in [5.41, 5.74) is 3.20. The zero-order valence-corrected chi connectivity index (χ0v) is 18.9. The van der Waals surface area contributed by atoms with Gasteiger partial charge in [0.2, 0.25) is 0 Å². The van der Waals surface area contributed by atoms with Crippen molar-refractivity contribution in [2.45, 2.75) is 6.92 Å². The molecule has 1 saturated heterocycles. The third-order valence-corrected chi connectivity index (χ3v) is 6.00. The zero-order chi connectivity index (χ0) is 21.8. The molecule has 154 valence electrons. The zero-order valence-electron chi connectivity index (χ0n) is 16.5. The van der Waals surface area contributed by atoms with Crippen LogP contribution in [0.5, 0.6) is 5.75 Å². The van der Waals surface area contributed by atoms with E-state index in [-0.39, 0.29) is 5.91 Å². The second kappa shape index (κ2) is 9.32. The van der Waals surface area contributed by atoms with Gasteiger partial charge in [-0.05, 0) is 82.7 Å². The Morgan fingerprint density at radius 2 is 1.74 bits per heavy atom. The number of carbonyl (C=O) groups excluding carboxylic acids is 2. The highest BCUT2D eigenvalue weighted by molar-refractivity contribution is 9.10. The average Bonchev–Trinajstić information content (AvgIpc) is 3.10. The number of halogens is 1. The number of amidine groups is 1. The molecule has 4 rings (SSSR count). The van der Waals surface area contributed by atoms with Crippen LogP contribution in [0.1, 0.15) is 21.5 Å². The second-order valence-corrected chi connectivity index (χ2v) is 8.64. The summed E-state index contributed by atoms with van der Waals surface area (Å²) in [4.78, 5) is 29.6. The Morgan fingerprint density at radius 3 is 2.45 bits per heavy atom. The molecule has 0 saturated carbocycles. The maximum absolute atomic E-state index is 12.3. The third kappa shape index (κ3) is 5.31. The predicted molar refractivity (Wildman–Crippen MR) is 128 cm³/mol. The van der Waals surface area contributed by atoms with Crippen LogP contribution in [0.3, 0.4) is 0 Å². The van der Waals surface area contributed by atoms with Crippen LogP contribution in [-0.2, 0) is 4.79 Å². The van der Waals surface area contributed by atoms with Crippen molar-refractivity contribution in [2.75, 3.05) is 0 Å². The number of esters is 1. The van der Waals surface area contributed by atoms with Crippen LogP contribution >= 0.6 is 27.7 Å². The predicted octanol–water partition coefficient (Wildman–Crippen LogP) is 5.87. The Labute approximate surface area is 192 Å². The first-order valence-corrected chi connectivity index (χ1v) is 11.0. The number of ether oxygens (including phenoxy) is 1. The van der Waals surface area contributed by atoms with Gasteiger partial charge >= 0.3 is 5.97 Å². The second-order valence-electron chi connectivity index (χ2n) is 6.76. The number of nitrogens with zero attached hydrogens (tertiary/aromatic N) is 1. The lowest BCUT2D eigenvalue weighted by atomic mass is 10.2. The van der Waals surface area contributed by atoms with Gasteiger partial charge in [0.15, 0.2) is 5.17 Å². The van der Waals surface area contributed by atoms with Gasteiger partial charge in [-0.3, -0.25) is 4.79 Å². The topological polar surface area (TPSA) is 67.8 Å². The SMILES string of the molecule is Cc1ccc(N=C2NC(=O)/C(=C/c3ccc(OC(=O)c4ccccc4Br)cc3)S2)cc1. The van der Waals surface area contributed by atoms with Crippen LogP contribution in [-0.4, -0.2) is 17.0 Å². The molecule has 1 aliphatic rings. The van der Waals surface area contributed by atoms with E-state index in [1.807, 2.05) is 37.3 Å². The fourth-order valence-corrected chi connectivity index (χ4v) is 4.08.